The second-order valence-corrected chi connectivity index (χ2v) is 10.5. The van der Waals surface area contributed by atoms with Crippen LogP contribution in [0, 0.1) is 5.82 Å². The summed E-state index contributed by atoms with van der Waals surface area (Å²) < 4.78 is 46.0. The number of aliphatic carboxylic acids is 1. The summed E-state index contributed by atoms with van der Waals surface area (Å²) in [5.74, 6) is -0.747. The summed E-state index contributed by atoms with van der Waals surface area (Å²) in [6.45, 7) is 2.63. The topological polar surface area (TPSA) is 106 Å². The van der Waals surface area contributed by atoms with Crippen molar-refractivity contribution in [1.82, 2.24) is 4.98 Å². The lowest BCUT2D eigenvalue weighted by Gasteiger charge is -2.18. The quantitative estimate of drug-likeness (QED) is 0.254. The van der Waals surface area contributed by atoms with Gasteiger partial charge in [-0.2, -0.15) is 0 Å². The number of aromatic nitrogens is 1. The number of nitrogens with zero attached hydrogens (tertiary/aromatic N) is 1. The van der Waals surface area contributed by atoms with E-state index in [9.17, 15) is 17.6 Å². The summed E-state index contributed by atoms with van der Waals surface area (Å²) in [6.07, 6.45) is 1.25. The molecule has 0 saturated carbocycles. The Labute approximate surface area is 214 Å². The van der Waals surface area contributed by atoms with E-state index in [1.165, 1.54) is 18.2 Å². The van der Waals surface area contributed by atoms with Crippen LogP contribution in [0.5, 0.6) is 5.75 Å². The third-order valence-corrected chi connectivity index (χ3v) is 6.94. The van der Waals surface area contributed by atoms with Gasteiger partial charge in [0.1, 0.15) is 16.5 Å². The number of sulfone groups is 1. The Hall–Kier alpha value is -3.98. The average Bonchev–Trinajstić information content (AvgIpc) is 2.86. The predicted molar refractivity (Wildman–Crippen MR) is 142 cm³/mol. The Bertz CT molecular complexity index is 1550. The molecule has 0 spiro atoms. The highest BCUT2D eigenvalue weighted by Crippen LogP contribution is 2.39. The van der Waals surface area contributed by atoms with Gasteiger partial charge in [0, 0.05) is 35.7 Å². The Morgan fingerprint density at radius 3 is 2.43 bits per heavy atom. The number of benzene rings is 3. The van der Waals surface area contributed by atoms with Crippen LogP contribution in [0.2, 0.25) is 0 Å². The summed E-state index contributed by atoms with van der Waals surface area (Å²) >= 11 is 0. The fourth-order valence-electron chi connectivity index (χ4n) is 4.20. The average molecular weight is 523 g/mol. The number of hydrogen-bond donors (Lipinski definition) is 2. The largest absolute Gasteiger partial charge is 0.493 e. The molecule has 0 fully saturated rings. The number of carbonyl (C=O) groups is 1. The first kappa shape index (κ1) is 26.1. The molecule has 0 amide bonds. The van der Waals surface area contributed by atoms with Crippen LogP contribution in [-0.2, 0) is 14.6 Å². The third kappa shape index (κ3) is 5.89. The zero-order valence-corrected chi connectivity index (χ0v) is 21.3. The SMILES string of the molecule is CCOc1ccccc1-c1ccc(-c2nc3ccc(F)cc3c(NCCCC(=O)O)c2S(C)(=O)=O)cc1. The molecule has 0 atom stereocenters. The van der Waals surface area contributed by atoms with E-state index in [0.717, 1.165) is 23.1 Å². The third-order valence-electron chi connectivity index (χ3n) is 5.80. The van der Waals surface area contributed by atoms with Gasteiger partial charge < -0.3 is 15.2 Å². The number of fused-ring (bicyclic) bond motifs is 1. The van der Waals surface area contributed by atoms with Crippen molar-refractivity contribution in [3.05, 3.63) is 72.5 Å². The van der Waals surface area contributed by atoms with Crippen molar-refractivity contribution in [3.63, 3.8) is 0 Å². The van der Waals surface area contributed by atoms with Crippen molar-refractivity contribution in [1.29, 1.82) is 0 Å². The molecule has 37 heavy (non-hydrogen) atoms. The Morgan fingerprint density at radius 1 is 1.05 bits per heavy atom. The van der Waals surface area contributed by atoms with E-state index in [1.807, 2.05) is 43.3 Å². The first-order valence-electron chi connectivity index (χ1n) is 11.8. The molecule has 0 unspecified atom stereocenters. The van der Waals surface area contributed by atoms with Crippen molar-refractivity contribution < 1.29 is 27.4 Å². The number of halogens is 1. The summed E-state index contributed by atoms with van der Waals surface area (Å²) in [5, 5.41) is 12.3. The predicted octanol–water partition coefficient (Wildman–Crippen LogP) is 5.79. The van der Waals surface area contributed by atoms with Crippen LogP contribution >= 0.6 is 0 Å². The van der Waals surface area contributed by atoms with Crippen LogP contribution in [0.25, 0.3) is 33.3 Å². The van der Waals surface area contributed by atoms with Gasteiger partial charge in [0.05, 0.1) is 23.5 Å². The van der Waals surface area contributed by atoms with E-state index in [1.54, 1.807) is 12.1 Å². The zero-order valence-electron chi connectivity index (χ0n) is 20.5. The van der Waals surface area contributed by atoms with Crippen LogP contribution < -0.4 is 10.1 Å². The summed E-state index contributed by atoms with van der Waals surface area (Å²) in [6, 6.07) is 19.0. The molecule has 2 N–H and O–H groups in total. The highest BCUT2D eigenvalue weighted by Gasteiger charge is 2.24. The van der Waals surface area contributed by atoms with Crippen molar-refractivity contribution >= 4 is 32.4 Å². The molecule has 0 aliphatic heterocycles. The van der Waals surface area contributed by atoms with Gasteiger partial charge in [-0.05, 0) is 43.2 Å². The standard InChI is InChI=1S/C28H27FN2O5S/c1-3-36-24-8-5-4-7-21(24)18-10-12-19(13-11-18)26-28(37(2,34)35)27(30-16-6-9-25(32)33)22-17-20(29)14-15-23(22)31-26/h4-5,7-8,10-15,17H,3,6,9,16H2,1-2H3,(H,30,31)(H,32,33). The molecule has 1 aromatic heterocycles. The van der Waals surface area contributed by atoms with E-state index in [-0.39, 0.29) is 35.7 Å². The highest BCUT2D eigenvalue weighted by atomic mass is 32.2. The number of anilines is 1. The van der Waals surface area contributed by atoms with Crippen molar-refractivity contribution in [2.75, 3.05) is 24.7 Å². The number of ether oxygens (including phenoxy) is 1. The van der Waals surface area contributed by atoms with Crippen LogP contribution in [0.15, 0.2) is 71.6 Å². The molecule has 4 aromatic rings. The zero-order chi connectivity index (χ0) is 26.6. The molecule has 0 bridgehead atoms. The molecule has 1 heterocycles. The molecule has 7 nitrogen and oxygen atoms in total. The lowest BCUT2D eigenvalue weighted by molar-refractivity contribution is -0.137. The van der Waals surface area contributed by atoms with Gasteiger partial charge in [-0.3, -0.25) is 4.79 Å². The van der Waals surface area contributed by atoms with Gasteiger partial charge in [0.2, 0.25) is 0 Å². The highest BCUT2D eigenvalue weighted by molar-refractivity contribution is 7.91. The number of carboxylic acids is 1. The van der Waals surface area contributed by atoms with E-state index < -0.39 is 21.6 Å². The number of pyridine rings is 1. The van der Waals surface area contributed by atoms with Gasteiger partial charge in [0.25, 0.3) is 0 Å². The Kier molecular flexibility index (Phi) is 7.73. The molecule has 0 aliphatic carbocycles. The monoisotopic (exact) mass is 522 g/mol. The second kappa shape index (κ2) is 11.0. The first-order chi connectivity index (χ1) is 17.7. The molecular formula is C28H27FN2O5S. The Balaban J connectivity index is 1.86. The minimum atomic E-state index is -3.83. The van der Waals surface area contributed by atoms with Gasteiger partial charge in [-0.15, -0.1) is 0 Å². The van der Waals surface area contributed by atoms with E-state index in [0.29, 0.717) is 23.1 Å². The maximum atomic E-state index is 14.2. The molecule has 0 aliphatic rings. The van der Waals surface area contributed by atoms with Gasteiger partial charge in [0.15, 0.2) is 9.84 Å². The minimum absolute atomic E-state index is 0.0663. The van der Waals surface area contributed by atoms with E-state index >= 15 is 0 Å². The number of nitrogens with one attached hydrogen (secondary N) is 1. The molecule has 9 heteroatoms. The molecular weight excluding hydrogens is 495 g/mol. The van der Waals surface area contributed by atoms with Crippen molar-refractivity contribution in [2.24, 2.45) is 0 Å². The van der Waals surface area contributed by atoms with E-state index in [4.69, 9.17) is 9.84 Å². The summed E-state index contributed by atoms with van der Waals surface area (Å²) in [7, 11) is -3.83. The van der Waals surface area contributed by atoms with Crippen LogP contribution in [0.4, 0.5) is 10.1 Å². The number of carboxylic acid groups (broad SMARTS) is 1. The van der Waals surface area contributed by atoms with Gasteiger partial charge >= 0.3 is 5.97 Å². The summed E-state index contributed by atoms with van der Waals surface area (Å²) in [4.78, 5) is 15.5. The fourth-order valence-corrected chi connectivity index (χ4v) is 5.26. The number of hydrogen-bond acceptors (Lipinski definition) is 6. The van der Waals surface area contributed by atoms with Crippen LogP contribution in [0.1, 0.15) is 19.8 Å². The smallest absolute Gasteiger partial charge is 0.303 e. The van der Waals surface area contributed by atoms with Crippen molar-refractivity contribution in [2.45, 2.75) is 24.7 Å². The first-order valence-corrected chi connectivity index (χ1v) is 13.7. The minimum Gasteiger partial charge on any atom is -0.493 e. The van der Waals surface area contributed by atoms with Crippen molar-refractivity contribution in [3.8, 4) is 28.1 Å². The molecule has 3 aromatic carbocycles. The number of para-hydroxylation sites is 1. The van der Waals surface area contributed by atoms with E-state index in [2.05, 4.69) is 10.3 Å². The maximum absolute atomic E-state index is 14.2. The maximum Gasteiger partial charge on any atom is 0.303 e. The van der Waals surface area contributed by atoms with Gasteiger partial charge in [-0.25, -0.2) is 17.8 Å². The molecule has 0 saturated heterocycles. The molecule has 0 radical (unpaired) electrons. The molecule has 4 rings (SSSR count). The number of rotatable bonds is 10. The molecule has 192 valence electrons. The van der Waals surface area contributed by atoms with Gasteiger partial charge in [-0.1, -0.05) is 42.5 Å². The summed E-state index contributed by atoms with van der Waals surface area (Å²) in [5.41, 5.74) is 3.21. The lowest BCUT2D eigenvalue weighted by atomic mass is 10.0. The van der Waals surface area contributed by atoms with Crippen LogP contribution in [0.3, 0.4) is 0 Å². The Morgan fingerprint density at radius 2 is 1.76 bits per heavy atom. The normalized spacial score (nSPS) is 11.4. The van der Waals surface area contributed by atoms with Crippen LogP contribution in [-0.4, -0.2) is 43.9 Å². The lowest BCUT2D eigenvalue weighted by Crippen LogP contribution is -2.12. The fraction of sp³-hybridized carbons (Fsp3) is 0.214. The second-order valence-electron chi connectivity index (χ2n) is 8.53.